The normalized spacial score (nSPS) is 25.7. The number of ether oxygens (including phenoxy) is 2. The van der Waals surface area contributed by atoms with Crippen molar-refractivity contribution < 1.29 is 19.1 Å². The Balaban J connectivity index is 1.45. The Labute approximate surface area is 135 Å². The third kappa shape index (κ3) is 4.01. The summed E-state index contributed by atoms with van der Waals surface area (Å²) in [7, 11) is 1.58. The molecule has 6 heteroatoms. The molecule has 0 spiro atoms. The molecule has 1 heterocycles. The second-order valence-corrected chi connectivity index (χ2v) is 6.05. The quantitative estimate of drug-likeness (QED) is 0.834. The minimum absolute atomic E-state index is 0.0497. The molecule has 1 aliphatic carbocycles. The van der Waals surface area contributed by atoms with E-state index in [4.69, 9.17) is 9.47 Å². The molecule has 2 N–H and O–H groups in total. The highest BCUT2D eigenvalue weighted by molar-refractivity contribution is 5.99. The van der Waals surface area contributed by atoms with Crippen LogP contribution in [0.1, 0.15) is 19.3 Å². The van der Waals surface area contributed by atoms with Crippen LogP contribution in [-0.4, -0.2) is 38.2 Å². The summed E-state index contributed by atoms with van der Waals surface area (Å²) in [5, 5.41) is 5.73. The van der Waals surface area contributed by atoms with Crippen molar-refractivity contribution in [2.24, 2.45) is 11.8 Å². The molecule has 1 saturated heterocycles. The third-order valence-corrected chi connectivity index (χ3v) is 4.33. The fourth-order valence-electron chi connectivity index (χ4n) is 2.86. The second kappa shape index (κ2) is 7.00. The summed E-state index contributed by atoms with van der Waals surface area (Å²) in [4.78, 5) is 24.3. The van der Waals surface area contributed by atoms with Crippen molar-refractivity contribution in [3.63, 3.8) is 0 Å². The van der Waals surface area contributed by atoms with Crippen LogP contribution in [0.3, 0.4) is 0 Å². The first-order chi connectivity index (χ1) is 11.2. The average molecular weight is 318 g/mol. The number of rotatable bonds is 6. The van der Waals surface area contributed by atoms with Crippen LogP contribution in [0.5, 0.6) is 5.75 Å². The summed E-state index contributed by atoms with van der Waals surface area (Å²) < 4.78 is 10.6. The van der Waals surface area contributed by atoms with Crippen molar-refractivity contribution in [1.82, 2.24) is 5.32 Å². The van der Waals surface area contributed by atoms with Crippen molar-refractivity contribution in [3.8, 4) is 5.75 Å². The van der Waals surface area contributed by atoms with Crippen LogP contribution in [0.25, 0.3) is 0 Å². The van der Waals surface area contributed by atoms with Gasteiger partial charge in [0.15, 0.2) is 0 Å². The number of benzene rings is 1. The molecule has 2 aliphatic rings. The Morgan fingerprint density at radius 3 is 2.87 bits per heavy atom. The minimum Gasteiger partial charge on any atom is -0.497 e. The molecule has 6 nitrogen and oxygen atoms in total. The van der Waals surface area contributed by atoms with E-state index in [0.717, 1.165) is 19.4 Å². The van der Waals surface area contributed by atoms with E-state index in [1.807, 2.05) is 12.1 Å². The second-order valence-electron chi connectivity index (χ2n) is 6.05. The number of nitrogens with one attached hydrogen (secondary N) is 2. The van der Waals surface area contributed by atoms with E-state index >= 15 is 0 Å². The van der Waals surface area contributed by atoms with Gasteiger partial charge in [0.1, 0.15) is 5.75 Å². The molecule has 1 aliphatic heterocycles. The highest BCUT2D eigenvalue weighted by Crippen LogP contribution is 2.39. The number of amides is 2. The van der Waals surface area contributed by atoms with Crippen LogP contribution in [-0.2, 0) is 14.3 Å². The van der Waals surface area contributed by atoms with Crippen LogP contribution in [0.2, 0.25) is 0 Å². The first-order valence-corrected chi connectivity index (χ1v) is 8.01. The van der Waals surface area contributed by atoms with E-state index in [9.17, 15) is 9.59 Å². The zero-order valence-electron chi connectivity index (χ0n) is 13.2. The molecule has 0 bridgehead atoms. The third-order valence-electron chi connectivity index (χ3n) is 4.33. The van der Waals surface area contributed by atoms with Crippen molar-refractivity contribution in [2.75, 3.05) is 25.6 Å². The van der Waals surface area contributed by atoms with Gasteiger partial charge in [-0.05, 0) is 31.4 Å². The highest BCUT2D eigenvalue weighted by atomic mass is 16.5. The molecular weight excluding hydrogens is 296 g/mol. The van der Waals surface area contributed by atoms with Gasteiger partial charge in [-0.15, -0.1) is 0 Å². The lowest BCUT2D eigenvalue weighted by molar-refractivity contribution is -0.125. The van der Waals surface area contributed by atoms with Gasteiger partial charge in [-0.25, -0.2) is 0 Å². The zero-order chi connectivity index (χ0) is 16.2. The number of carbonyl (C=O) groups excluding carboxylic acids is 2. The van der Waals surface area contributed by atoms with Crippen LogP contribution >= 0.6 is 0 Å². The van der Waals surface area contributed by atoms with Gasteiger partial charge in [0, 0.05) is 24.9 Å². The molecule has 1 aromatic rings. The summed E-state index contributed by atoms with van der Waals surface area (Å²) in [5.74, 6) is 0.0546. The first-order valence-electron chi connectivity index (χ1n) is 8.01. The van der Waals surface area contributed by atoms with Gasteiger partial charge in [-0.3, -0.25) is 9.59 Å². The zero-order valence-corrected chi connectivity index (χ0v) is 13.2. The molecule has 0 radical (unpaired) electrons. The topological polar surface area (TPSA) is 76.7 Å². The van der Waals surface area contributed by atoms with Gasteiger partial charge in [0.25, 0.3) is 0 Å². The van der Waals surface area contributed by atoms with Gasteiger partial charge in [-0.1, -0.05) is 6.07 Å². The van der Waals surface area contributed by atoms with Gasteiger partial charge < -0.3 is 20.1 Å². The van der Waals surface area contributed by atoms with E-state index in [1.165, 1.54) is 0 Å². The number of anilines is 1. The number of hydrogen-bond donors (Lipinski definition) is 2. The van der Waals surface area contributed by atoms with Crippen molar-refractivity contribution in [2.45, 2.75) is 25.4 Å². The van der Waals surface area contributed by atoms with Crippen LogP contribution in [0.4, 0.5) is 5.69 Å². The summed E-state index contributed by atoms with van der Waals surface area (Å²) in [6.45, 7) is 1.31. The molecule has 1 aromatic carbocycles. The number of hydrogen-bond acceptors (Lipinski definition) is 4. The van der Waals surface area contributed by atoms with E-state index < -0.39 is 0 Å². The fraction of sp³-hybridized carbons (Fsp3) is 0.529. The standard InChI is InChI=1S/C17H22N2O4/c1-22-12-5-2-4-11(8-12)19-17(21)15-9-14(15)16(20)18-10-13-6-3-7-23-13/h2,4-5,8,13-15H,3,6-7,9-10H2,1H3,(H,18,20)(H,19,21). The lowest BCUT2D eigenvalue weighted by Crippen LogP contribution is -2.33. The molecule has 3 unspecified atom stereocenters. The molecule has 1 saturated carbocycles. The van der Waals surface area contributed by atoms with E-state index in [1.54, 1.807) is 19.2 Å². The van der Waals surface area contributed by atoms with E-state index in [0.29, 0.717) is 24.4 Å². The van der Waals surface area contributed by atoms with Gasteiger partial charge in [0.2, 0.25) is 11.8 Å². The minimum atomic E-state index is -0.245. The summed E-state index contributed by atoms with van der Waals surface area (Å²) in [5.41, 5.74) is 0.680. The van der Waals surface area contributed by atoms with Gasteiger partial charge in [0.05, 0.1) is 25.0 Å². The Hall–Kier alpha value is -2.08. The largest absolute Gasteiger partial charge is 0.497 e. The lowest BCUT2D eigenvalue weighted by Gasteiger charge is -2.10. The molecular formula is C17H22N2O4. The fourth-order valence-corrected chi connectivity index (χ4v) is 2.86. The lowest BCUT2D eigenvalue weighted by atomic mass is 10.2. The van der Waals surface area contributed by atoms with Crippen molar-refractivity contribution in [1.29, 1.82) is 0 Å². The van der Waals surface area contributed by atoms with E-state index in [2.05, 4.69) is 10.6 Å². The number of methoxy groups -OCH3 is 1. The maximum atomic E-state index is 12.2. The van der Waals surface area contributed by atoms with Crippen molar-refractivity contribution in [3.05, 3.63) is 24.3 Å². The molecule has 3 atom stereocenters. The summed E-state index contributed by atoms with van der Waals surface area (Å²) in [6, 6.07) is 7.18. The molecule has 0 aromatic heterocycles. The SMILES string of the molecule is COc1cccc(NC(=O)C2CC2C(=O)NCC2CCCO2)c1. The smallest absolute Gasteiger partial charge is 0.228 e. The van der Waals surface area contributed by atoms with E-state index in [-0.39, 0.29) is 29.8 Å². The predicted octanol–water partition coefficient (Wildman–Crippen LogP) is 1.56. The highest BCUT2D eigenvalue weighted by Gasteiger charge is 2.48. The van der Waals surface area contributed by atoms with Crippen LogP contribution in [0, 0.1) is 11.8 Å². The number of carbonyl (C=O) groups is 2. The maximum Gasteiger partial charge on any atom is 0.228 e. The monoisotopic (exact) mass is 318 g/mol. The van der Waals surface area contributed by atoms with Crippen LogP contribution in [0.15, 0.2) is 24.3 Å². The Bertz CT molecular complexity index is 584. The Morgan fingerprint density at radius 1 is 1.30 bits per heavy atom. The maximum absolute atomic E-state index is 12.2. The van der Waals surface area contributed by atoms with Gasteiger partial charge in [-0.2, -0.15) is 0 Å². The molecule has 2 amide bonds. The molecule has 2 fully saturated rings. The Morgan fingerprint density at radius 2 is 2.13 bits per heavy atom. The van der Waals surface area contributed by atoms with Crippen molar-refractivity contribution >= 4 is 17.5 Å². The predicted molar refractivity (Wildman–Crippen MR) is 85.2 cm³/mol. The summed E-state index contributed by atoms with van der Waals surface area (Å²) >= 11 is 0. The average Bonchev–Trinajstić information content (AvgIpc) is 3.21. The Kier molecular flexibility index (Phi) is 4.81. The molecule has 23 heavy (non-hydrogen) atoms. The summed E-state index contributed by atoms with van der Waals surface area (Å²) in [6.07, 6.45) is 2.77. The van der Waals surface area contributed by atoms with Gasteiger partial charge >= 0.3 is 0 Å². The first kappa shape index (κ1) is 15.8. The molecule has 3 rings (SSSR count). The van der Waals surface area contributed by atoms with Crippen LogP contribution < -0.4 is 15.4 Å². The molecule has 124 valence electrons.